The lowest BCUT2D eigenvalue weighted by Gasteiger charge is -2.35. The molecule has 0 aromatic heterocycles. The van der Waals surface area contributed by atoms with Gasteiger partial charge in [0.1, 0.15) is 0 Å². The molecule has 1 aliphatic heterocycles. The second-order valence-corrected chi connectivity index (χ2v) is 8.14. The summed E-state index contributed by atoms with van der Waals surface area (Å²) in [5.41, 5.74) is 5.99. The van der Waals surface area contributed by atoms with Crippen LogP contribution in [-0.2, 0) is 17.6 Å². The predicted octanol–water partition coefficient (Wildman–Crippen LogP) is 6.64. The van der Waals surface area contributed by atoms with E-state index < -0.39 is 0 Å². The van der Waals surface area contributed by atoms with Crippen LogP contribution in [0.4, 0.5) is 0 Å². The van der Waals surface area contributed by atoms with Crippen LogP contribution in [0.5, 0.6) is 0 Å². The summed E-state index contributed by atoms with van der Waals surface area (Å²) < 4.78 is 6.26. The van der Waals surface area contributed by atoms with Gasteiger partial charge < -0.3 is 4.74 Å². The maximum atomic E-state index is 6.26. The van der Waals surface area contributed by atoms with E-state index in [0.717, 1.165) is 25.4 Å². The summed E-state index contributed by atoms with van der Waals surface area (Å²) in [7, 11) is 2.58. The smallest absolute Gasteiger partial charge is 0.0686 e. The fourth-order valence-electron chi connectivity index (χ4n) is 4.20. The van der Waals surface area contributed by atoms with Crippen LogP contribution in [0.2, 0.25) is 0 Å². The lowest BCUT2D eigenvalue weighted by molar-refractivity contribution is -0.0138. The summed E-state index contributed by atoms with van der Waals surface area (Å²) >= 11 is 0. The lowest BCUT2D eigenvalue weighted by Crippen LogP contribution is -2.31. The van der Waals surface area contributed by atoms with E-state index in [4.69, 9.17) is 4.74 Å². The van der Waals surface area contributed by atoms with Gasteiger partial charge in [-0.3, -0.25) is 0 Å². The summed E-state index contributed by atoms with van der Waals surface area (Å²) in [4.78, 5) is 0. The van der Waals surface area contributed by atoms with E-state index in [1.54, 1.807) is 0 Å². The molecule has 0 radical (unpaired) electrons. The van der Waals surface area contributed by atoms with Crippen molar-refractivity contribution in [2.75, 3.05) is 12.8 Å². The highest BCUT2D eigenvalue weighted by Gasteiger charge is 2.33. The number of benzene rings is 2. The molecule has 1 aliphatic carbocycles. The van der Waals surface area contributed by atoms with Crippen molar-refractivity contribution in [2.24, 2.45) is 5.92 Å². The Morgan fingerprint density at radius 3 is 1.89 bits per heavy atom. The third-order valence-electron chi connectivity index (χ3n) is 5.39. The molecule has 1 saturated heterocycles. The van der Waals surface area contributed by atoms with Crippen LogP contribution in [0, 0.1) is 5.92 Å². The van der Waals surface area contributed by atoms with Gasteiger partial charge in [0, 0.05) is 12.5 Å². The molecule has 3 atom stereocenters. The summed E-state index contributed by atoms with van der Waals surface area (Å²) in [6.45, 7) is 9.36. The quantitative estimate of drug-likeness (QED) is 0.501. The van der Waals surface area contributed by atoms with Crippen LogP contribution in [0.15, 0.2) is 48.5 Å². The van der Waals surface area contributed by atoms with Gasteiger partial charge in [-0.05, 0) is 60.0 Å². The molecule has 0 saturated carbocycles. The highest BCUT2D eigenvalue weighted by atomic mass is 31.0. The fourth-order valence-corrected chi connectivity index (χ4v) is 4.20. The molecule has 0 bridgehead atoms. The average molecular weight is 385 g/mol. The second-order valence-electron chi connectivity index (χ2n) is 7.32. The molecular formula is C25H37OP. The average Bonchev–Trinajstić information content (AvgIpc) is 2.87. The number of rotatable bonds is 1. The minimum Gasteiger partial charge on any atom is -0.377 e. The first-order chi connectivity index (χ1) is 13.2. The molecule has 2 aromatic carbocycles. The number of fused-ring (bicyclic) bond motifs is 2. The van der Waals surface area contributed by atoms with Crippen LogP contribution in [0.25, 0.3) is 0 Å². The zero-order chi connectivity index (χ0) is 19.6. The summed E-state index contributed by atoms with van der Waals surface area (Å²) in [5.74, 6) is 1.17. The van der Waals surface area contributed by atoms with Gasteiger partial charge >= 0.3 is 0 Å². The number of ether oxygens (including phenoxy) is 1. The normalized spacial score (nSPS) is 21.4. The number of hydrogen-bond donors (Lipinski definition) is 0. The molecule has 1 heterocycles. The first-order valence-corrected chi connectivity index (χ1v) is 11.5. The highest BCUT2D eigenvalue weighted by Crippen LogP contribution is 2.40. The van der Waals surface area contributed by atoms with Crippen molar-refractivity contribution in [1.29, 1.82) is 0 Å². The van der Waals surface area contributed by atoms with Crippen molar-refractivity contribution in [3.8, 4) is 0 Å². The predicted molar refractivity (Wildman–Crippen MR) is 122 cm³/mol. The maximum Gasteiger partial charge on any atom is 0.0686 e. The second kappa shape index (κ2) is 11.6. The fraction of sp³-hybridized carbons (Fsp3) is 0.520. The van der Waals surface area contributed by atoms with Crippen LogP contribution in [-0.4, -0.2) is 18.9 Å². The molecule has 0 spiro atoms. The van der Waals surface area contributed by atoms with E-state index in [1.807, 2.05) is 13.8 Å². The van der Waals surface area contributed by atoms with Gasteiger partial charge in [0.25, 0.3) is 0 Å². The highest BCUT2D eigenvalue weighted by molar-refractivity contribution is 7.16. The van der Waals surface area contributed by atoms with Gasteiger partial charge in [-0.25, -0.2) is 0 Å². The van der Waals surface area contributed by atoms with Crippen LogP contribution < -0.4 is 0 Å². The maximum absolute atomic E-state index is 6.26. The lowest BCUT2D eigenvalue weighted by atomic mass is 9.79. The Bertz CT molecular complexity index is 634. The molecule has 2 unspecified atom stereocenters. The first-order valence-electron chi connectivity index (χ1n) is 10.7. The largest absolute Gasteiger partial charge is 0.377 e. The SMILES string of the molecule is CC.CCP.C[C@H]1CCOC(C2c3ccccc3CCc3ccccc32)C1. The monoisotopic (exact) mass is 384 g/mol. The Morgan fingerprint density at radius 2 is 1.41 bits per heavy atom. The molecule has 27 heavy (non-hydrogen) atoms. The van der Waals surface area contributed by atoms with E-state index >= 15 is 0 Å². The van der Waals surface area contributed by atoms with Crippen LogP contribution >= 0.6 is 9.24 Å². The molecule has 2 aromatic rings. The van der Waals surface area contributed by atoms with Crippen molar-refractivity contribution >= 4 is 9.24 Å². The first kappa shape index (κ1) is 22.1. The van der Waals surface area contributed by atoms with E-state index in [2.05, 4.69) is 71.6 Å². The Morgan fingerprint density at radius 1 is 0.926 bits per heavy atom. The molecular weight excluding hydrogens is 347 g/mol. The van der Waals surface area contributed by atoms with Crippen molar-refractivity contribution in [3.63, 3.8) is 0 Å². The Labute approximate surface area is 169 Å². The molecule has 148 valence electrons. The molecule has 4 rings (SSSR count). The third kappa shape index (κ3) is 5.66. The Kier molecular flexibility index (Phi) is 9.52. The zero-order valence-corrected chi connectivity index (χ0v) is 18.7. The Hall–Kier alpha value is -1.17. The summed E-state index contributed by atoms with van der Waals surface area (Å²) in [6.07, 6.45) is 6.15. The minimum atomic E-state index is 0.323. The standard InChI is InChI=1S/C21H24O.C2H7P.C2H6/c1-15-12-13-22-20(14-15)21-18-8-4-2-6-16(18)10-11-17-7-3-5-9-19(17)21;1-2-3;1-2/h2-9,15,20-21H,10-14H2,1H3;2-3H2,1H3;1-2H3/t15-,20?;;/m0../s1. The van der Waals surface area contributed by atoms with Gasteiger partial charge in [-0.1, -0.05) is 76.2 Å². The van der Waals surface area contributed by atoms with Crippen LogP contribution in [0.3, 0.4) is 0 Å². The van der Waals surface area contributed by atoms with Crippen molar-refractivity contribution in [3.05, 3.63) is 70.8 Å². The third-order valence-corrected chi connectivity index (χ3v) is 5.39. The minimum absolute atomic E-state index is 0.323. The Balaban J connectivity index is 0.000000478. The molecule has 1 nitrogen and oxygen atoms in total. The molecule has 1 fully saturated rings. The molecule has 2 aliphatic rings. The summed E-state index contributed by atoms with van der Waals surface area (Å²) in [6, 6.07) is 18.0. The van der Waals surface area contributed by atoms with Gasteiger partial charge in [-0.15, -0.1) is 9.24 Å². The molecule has 0 amide bonds. The molecule has 2 heteroatoms. The van der Waals surface area contributed by atoms with E-state index in [9.17, 15) is 0 Å². The molecule has 0 N–H and O–H groups in total. The van der Waals surface area contributed by atoms with Crippen LogP contribution in [0.1, 0.15) is 68.7 Å². The number of aryl methyl sites for hydroxylation is 2. The van der Waals surface area contributed by atoms with Gasteiger partial charge in [0.05, 0.1) is 6.10 Å². The number of hydrogen-bond acceptors (Lipinski definition) is 1. The van der Waals surface area contributed by atoms with Gasteiger partial charge in [0.2, 0.25) is 0 Å². The van der Waals surface area contributed by atoms with Gasteiger partial charge in [0.15, 0.2) is 0 Å². The van der Waals surface area contributed by atoms with E-state index in [-0.39, 0.29) is 0 Å². The van der Waals surface area contributed by atoms with E-state index in [0.29, 0.717) is 12.0 Å². The van der Waals surface area contributed by atoms with E-state index in [1.165, 1.54) is 41.3 Å². The topological polar surface area (TPSA) is 9.23 Å². The summed E-state index contributed by atoms with van der Waals surface area (Å²) in [5, 5.41) is 0. The van der Waals surface area contributed by atoms with Crippen molar-refractivity contribution in [1.82, 2.24) is 0 Å². The zero-order valence-electron chi connectivity index (χ0n) is 17.6. The van der Waals surface area contributed by atoms with Gasteiger partial charge in [-0.2, -0.15) is 0 Å². The van der Waals surface area contributed by atoms with Crippen molar-refractivity contribution in [2.45, 2.75) is 65.4 Å². The van der Waals surface area contributed by atoms with Crippen molar-refractivity contribution < 1.29 is 4.74 Å².